The Morgan fingerprint density at radius 2 is 1.70 bits per heavy atom. The van der Waals surface area contributed by atoms with E-state index in [1.807, 2.05) is 12.1 Å². The number of nitrogen functional groups attached to an aromatic ring is 1. The molecule has 30 heavy (non-hydrogen) atoms. The lowest BCUT2D eigenvalue weighted by Gasteiger charge is -2.08. The number of benzene rings is 2. The van der Waals surface area contributed by atoms with Crippen molar-refractivity contribution in [3.8, 4) is 11.5 Å². The molecule has 2 aromatic heterocycles. The third-order valence-corrected chi connectivity index (χ3v) is 5.89. The predicted octanol–water partition coefficient (Wildman–Crippen LogP) is 4.50. The van der Waals surface area contributed by atoms with Crippen LogP contribution in [0.2, 0.25) is 0 Å². The number of nitrogens with one attached hydrogen (secondary N) is 1. The molecular weight excluding hydrogens is 402 g/mol. The second-order valence-corrected chi connectivity index (χ2v) is 7.67. The molecule has 4 aromatic rings. The molecule has 0 aliphatic carbocycles. The van der Waals surface area contributed by atoms with Gasteiger partial charge in [-0.2, -0.15) is 0 Å². The van der Waals surface area contributed by atoms with Crippen molar-refractivity contribution in [2.24, 2.45) is 0 Å². The fourth-order valence-corrected chi connectivity index (χ4v) is 4.15. The number of nitrogens with zero attached hydrogens (tertiary/aromatic N) is 1. The van der Waals surface area contributed by atoms with Crippen molar-refractivity contribution in [2.45, 2.75) is 6.92 Å². The number of rotatable bonds is 5. The molecule has 7 nitrogen and oxygen atoms in total. The summed E-state index contributed by atoms with van der Waals surface area (Å²) < 4.78 is 10.7. The number of fused-ring (bicyclic) bond motifs is 2. The van der Waals surface area contributed by atoms with E-state index >= 15 is 0 Å². The second-order valence-electron chi connectivity index (χ2n) is 6.67. The number of carbonyl (C=O) groups excluding carboxylic acids is 2. The molecule has 4 rings (SSSR count). The normalized spacial score (nSPS) is 10.9. The van der Waals surface area contributed by atoms with Gasteiger partial charge in [-0.1, -0.05) is 0 Å². The summed E-state index contributed by atoms with van der Waals surface area (Å²) in [7, 11) is 3.14. The zero-order valence-corrected chi connectivity index (χ0v) is 17.4. The number of nitrogens with two attached hydrogens (primary N) is 1. The largest absolute Gasteiger partial charge is 0.493 e. The molecule has 8 heteroatoms. The lowest BCUT2D eigenvalue weighted by molar-refractivity contribution is 0.101. The van der Waals surface area contributed by atoms with Gasteiger partial charge < -0.3 is 20.5 Å². The maximum atomic E-state index is 12.8. The van der Waals surface area contributed by atoms with Gasteiger partial charge >= 0.3 is 0 Å². The van der Waals surface area contributed by atoms with Crippen LogP contribution in [0.4, 0.5) is 11.4 Å². The van der Waals surface area contributed by atoms with Crippen molar-refractivity contribution in [2.75, 3.05) is 25.3 Å². The molecule has 0 aliphatic rings. The summed E-state index contributed by atoms with van der Waals surface area (Å²) in [6, 6.07) is 12.2. The van der Waals surface area contributed by atoms with E-state index in [0.717, 1.165) is 5.39 Å². The lowest BCUT2D eigenvalue weighted by Crippen LogP contribution is -2.12. The van der Waals surface area contributed by atoms with Crippen LogP contribution in [0.5, 0.6) is 11.5 Å². The Balaban J connectivity index is 1.72. The summed E-state index contributed by atoms with van der Waals surface area (Å²) in [6.07, 6.45) is 0. The first-order chi connectivity index (χ1) is 14.4. The second kappa shape index (κ2) is 7.64. The standard InChI is InChI=1S/C22H19N3O4S/c1-11(26)12-4-6-14(7-5-12)24-21(27)20-19(23)15-8-13-9-17(28-2)18(29-3)10-16(13)25-22(15)30-20/h4-10H,23H2,1-3H3,(H,24,27). The van der Waals surface area contributed by atoms with E-state index in [1.165, 1.54) is 18.3 Å². The molecule has 0 atom stereocenters. The number of Topliss-reactive ketones (excluding diaryl/α,β-unsaturated/α-hetero) is 1. The third kappa shape index (κ3) is 3.42. The van der Waals surface area contributed by atoms with Gasteiger partial charge in [0.1, 0.15) is 9.71 Å². The molecule has 152 valence electrons. The number of aromatic nitrogens is 1. The third-order valence-electron chi connectivity index (χ3n) is 4.77. The Morgan fingerprint density at radius 1 is 1.03 bits per heavy atom. The first kappa shape index (κ1) is 19.7. The minimum absolute atomic E-state index is 0.0342. The van der Waals surface area contributed by atoms with Crippen LogP contribution in [0.15, 0.2) is 42.5 Å². The fraction of sp³-hybridized carbons (Fsp3) is 0.136. The lowest BCUT2D eigenvalue weighted by atomic mass is 10.1. The van der Waals surface area contributed by atoms with E-state index < -0.39 is 0 Å². The number of anilines is 2. The Hall–Kier alpha value is -3.65. The maximum absolute atomic E-state index is 12.8. The summed E-state index contributed by atoms with van der Waals surface area (Å²) in [5.41, 5.74) is 8.53. The number of thiophene rings is 1. The van der Waals surface area contributed by atoms with E-state index in [2.05, 4.69) is 10.3 Å². The van der Waals surface area contributed by atoms with Gasteiger partial charge in [0.25, 0.3) is 5.91 Å². The molecular formula is C22H19N3O4S. The summed E-state index contributed by atoms with van der Waals surface area (Å²) in [6.45, 7) is 1.49. The van der Waals surface area contributed by atoms with Crippen LogP contribution >= 0.6 is 11.3 Å². The SMILES string of the molecule is COc1cc2cc3c(N)c(C(=O)Nc4ccc(C(C)=O)cc4)sc3nc2cc1OC. The monoisotopic (exact) mass is 421 g/mol. The van der Waals surface area contributed by atoms with Crippen LogP contribution < -0.4 is 20.5 Å². The first-order valence-electron chi connectivity index (χ1n) is 9.08. The fourth-order valence-electron chi connectivity index (χ4n) is 3.17. The predicted molar refractivity (Wildman–Crippen MR) is 119 cm³/mol. The highest BCUT2D eigenvalue weighted by molar-refractivity contribution is 7.21. The maximum Gasteiger partial charge on any atom is 0.267 e. The summed E-state index contributed by atoms with van der Waals surface area (Å²) in [5.74, 6) is 0.804. The summed E-state index contributed by atoms with van der Waals surface area (Å²) in [4.78, 5) is 29.9. The smallest absolute Gasteiger partial charge is 0.267 e. The highest BCUT2D eigenvalue weighted by Crippen LogP contribution is 2.38. The Morgan fingerprint density at radius 3 is 2.33 bits per heavy atom. The van der Waals surface area contributed by atoms with Crippen molar-refractivity contribution in [1.29, 1.82) is 0 Å². The molecule has 1 amide bonds. The number of methoxy groups -OCH3 is 2. The van der Waals surface area contributed by atoms with E-state index in [9.17, 15) is 9.59 Å². The van der Waals surface area contributed by atoms with E-state index in [1.54, 1.807) is 44.6 Å². The van der Waals surface area contributed by atoms with Crippen molar-refractivity contribution in [3.63, 3.8) is 0 Å². The average molecular weight is 421 g/mol. The van der Waals surface area contributed by atoms with Gasteiger partial charge in [-0.25, -0.2) is 4.98 Å². The van der Waals surface area contributed by atoms with Crippen LogP contribution in [-0.2, 0) is 0 Å². The number of hydrogen-bond acceptors (Lipinski definition) is 7. The molecule has 0 aliphatic heterocycles. The number of hydrogen-bond donors (Lipinski definition) is 2. The van der Waals surface area contributed by atoms with Crippen molar-refractivity contribution in [1.82, 2.24) is 4.98 Å². The molecule has 0 fully saturated rings. The summed E-state index contributed by atoms with van der Waals surface area (Å²) >= 11 is 1.22. The number of carbonyl (C=O) groups is 2. The number of ketones is 1. The highest BCUT2D eigenvalue weighted by Gasteiger charge is 2.19. The van der Waals surface area contributed by atoms with Crippen LogP contribution in [-0.4, -0.2) is 30.9 Å². The average Bonchev–Trinajstić information content (AvgIpc) is 3.07. The minimum Gasteiger partial charge on any atom is -0.493 e. The van der Waals surface area contributed by atoms with E-state index in [-0.39, 0.29) is 11.7 Å². The van der Waals surface area contributed by atoms with Crippen LogP contribution in [0, 0.1) is 0 Å². The molecule has 0 bridgehead atoms. The van der Waals surface area contributed by atoms with Crippen LogP contribution in [0.3, 0.4) is 0 Å². The zero-order chi connectivity index (χ0) is 21.4. The molecule has 0 radical (unpaired) electrons. The van der Waals surface area contributed by atoms with Crippen LogP contribution in [0.25, 0.3) is 21.1 Å². The van der Waals surface area contributed by atoms with Crippen molar-refractivity contribution < 1.29 is 19.1 Å². The molecule has 2 heterocycles. The van der Waals surface area contributed by atoms with Gasteiger partial charge in [-0.15, -0.1) is 11.3 Å². The molecule has 0 saturated carbocycles. The minimum atomic E-state index is -0.328. The zero-order valence-electron chi connectivity index (χ0n) is 16.6. The molecule has 0 unspecified atom stereocenters. The Bertz CT molecular complexity index is 1300. The topological polar surface area (TPSA) is 104 Å². The van der Waals surface area contributed by atoms with Crippen molar-refractivity contribution in [3.05, 3.63) is 52.9 Å². The number of ether oxygens (including phenoxy) is 2. The molecule has 0 saturated heterocycles. The van der Waals surface area contributed by atoms with E-state index in [0.29, 0.717) is 49.0 Å². The van der Waals surface area contributed by atoms with Gasteiger partial charge in [0.15, 0.2) is 17.3 Å². The van der Waals surface area contributed by atoms with Gasteiger partial charge in [0.05, 0.1) is 25.4 Å². The first-order valence-corrected chi connectivity index (χ1v) is 9.90. The molecule has 2 aromatic carbocycles. The van der Waals surface area contributed by atoms with E-state index in [4.69, 9.17) is 15.2 Å². The quantitative estimate of drug-likeness (QED) is 0.460. The molecule has 0 spiro atoms. The summed E-state index contributed by atoms with van der Waals surface area (Å²) in [5, 5.41) is 4.35. The van der Waals surface area contributed by atoms with Crippen LogP contribution in [0.1, 0.15) is 27.0 Å². The van der Waals surface area contributed by atoms with Gasteiger partial charge in [0, 0.05) is 28.1 Å². The van der Waals surface area contributed by atoms with Crippen molar-refractivity contribution >= 4 is 55.5 Å². The van der Waals surface area contributed by atoms with Gasteiger partial charge in [-0.3, -0.25) is 9.59 Å². The Kier molecular flexibility index (Phi) is 5.01. The van der Waals surface area contributed by atoms with Gasteiger partial charge in [-0.05, 0) is 43.3 Å². The Labute approximate surface area is 176 Å². The number of pyridine rings is 1. The highest BCUT2D eigenvalue weighted by atomic mass is 32.1. The van der Waals surface area contributed by atoms with Gasteiger partial charge in [0.2, 0.25) is 0 Å². The molecule has 3 N–H and O–H groups in total. The number of amides is 1.